The highest BCUT2D eigenvalue weighted by atomic mass is 16.5. The Kier molecular flexibility index (Phi) is 5.22. The van der Waals surface area contributed by atoms with Crippen LogP contribution in [0.25, 0.3) is 0 Å². The van der Waals surface area contributed by atoms with Crippen LogP contribution < -0.4 is 4.74 Å². The maximum atomic E-state index is 11.8. The molecule has 20 heavy (non-hydrogen) atoms. The van der Waals surface area contributed by atoms with Crippen molar-refractivity contribution in [3.8, 4) is 5.75 Å². The third kappa shape index (κ3) is 3.62. The predicted molar refractivity (Wildman–Crippen MR) is 81.0 cm³/mol. The van der Waals surface area contributed by atoms with Crippen molar-refractivity contribution in [1.82, 2.24) is 4.90 Å². The quantitative estimate of drug-likeness (QED) is 0.770. The van der Waals surface area contributed by atoms with Gasteiger partial charge in [0.25, 0.3) is 0 Å². The molecule has 3 nitrogen and oxygen atoms in total. The lowest BCUT2D eigenvalue weighted by atomic mass is 9.90. The van der Waals surface area contributed by atoms with Crippen molar-refractivity contribution in [3.63, 3.8) is 0 Å². The summed E-state index contributed by atoms with van der Waals surface area (Å²) >= 11 is 0. The summed E-state index contributed by atoms with van der Waals surface area (Å²) in [6.45, 7) is 7.84. The molecule has 2 rings (SSSR count). The number of likely N-dealkylation sites (tertiary alicyclic amines) is 1. The molecular weight excluding hydrogens is 250 g/mol. The van der Waals surface area contributed by atoms with Crippen LogP contribution in [0.3, 0.4) is 0 Å². The van der Waals surface area contributed by atoms with Gasteiger partial charge in [0.2, 0.25) is 5.91 Å². The summed E-state index contributed by atoms with van der Waals surface area (Å²) in [5.74, 6) is 1.56. The van der Waals surface area contributed by atoms with Gasteiger partial charge in [-0.1, -0.05) is 31.7 Å². The van der Waals surface area contributed by atoms with Gasteiger partial charge >= 0.3 is 0 Å². The molecule has 0 radical (unpaired) electrons. The minimum atomic E-state index is 0.258. The number of amides is 1. The first-order valence-corrected chi connectivity index (χ1v) is 7.36. The maximum Gasteiger partial charge on any atom is 0.222 e. The molecule has 1 aromatic rings. The fourth-order valence-corrected chi connectivity index (χ4v) is 2.71. The van der Waals surface area contributed by atoms with Crippen molar-refractivity contribution in [3.05, 3.63) is 42.5 Å². The van der Waals surface area contributed by atoms with Gasteiger partial charge < -0.3 is 9.64 Å². The maximum absolute atomic E-state index is 11.8. The fraction of sp³-hybridized carbons (Fsp3) is 0.471. The summed E-state index contributed by atoms with van der Waals surface area (Å²) in [4.78, 5) is 13.8. The molecule has 0 N–H and O–H groups in total. The average molecular weight is 273 g/mol. The van der Waals surface area contributed by atoms with E-state index in [4.69, 9.17) is 4.74 Å². The molecule has 0 unspecified atom stereocenters. The molecule has 1 aliphatic heterocycles. The van der Waals surface area contributed by atoms with Crippen LogP contribution in [-0.2, 0) is 4.79 Å². The predicted octanol–water partition coefficient (Wildman–Crippen LogP) is 3.37. The van der Waals surface area contributed by atoms with E-state index in [9.17, 15) is 4.79 Å². The number of benzene rings is 1. The lowest BCUT2D eigenvalue weighted by Gasteiger charge is -2.33. The largest absolute Gasteiger partial charge is 0.490 e. The number of carbonyl (C=O) groups excluding carboxylic acids is 1. The topological polar surface area (TPSA) is 29.5 Å². The van der Waals surface area contributed by atoms with Crippen LogP contribution in [0.1, 0.15) is 37.7 Å². The number of piperidine rings is 1. The van der Waals surface area contributed by atoms with E-state index in [0.717, 1.165) is 31.7 Å². The Labute approximate surface area is 121 Å². The molecule has 1 atom stereocenters. The first-order chi connectivity index (χ1) is 9.74. The van der Waals surface area contributed by atoms with Crippen LogP contribution in [-0.4, -0.2) is 30.5 Å². The SMILES string of the molecule is C=CCOc1cccc([C@@H]2CCCN(C(=O)CC)C2)c1. The van der Waals surface area contributed by atoms with Gasteiger partial charge in [-0.3, -0.25) is 4.79 Å². The minimum Gasteiger partial charge on any atom is -0.490 e. The number of hydrogen-bond acceptors (Lipinski definition) is 2. The average Bonchev–Trinajstić information content (AvgIpc) is 2.52. The van der Waals surface area contributed by atoms with Crippen LogP contribution in [0.4, 0.5) is 0 Å². The molecule has 0 saturated carbocycles. The van der Waals surface area contributed by atoms with Crippen molar-refractivity contribution in [1.29, 1.82) is 0 Å². The van der Waals surface area contributed by atoms with Crippen LogP contribution in [0.15, 0.2) is 36.9 Å². The Bertz CT molecular complexity index is 470. The van der Waals surface area contributed by atoms with Gasteiger partial charge in [0.15, 0.2) is 0 Å². The summed E-state index contributed by atoms with van der Waals surface area (Å²) in [5, 5.41) is 0. The summed E-state index contributed by atoms with van der Waals surface area (Å²) in [7, 11) is 0. The van der Waals surface area contributed by atoms with Crippen LogP contribution in [0, 0.1) is 0 Å². The monoisotopic (exact) mass is 273 g/mol. The molecule has 108 valence electrons. The van der Waals surface area contributed by atoms with Crippen molar-refractivity contribution in [2.24, 2.45) is 0 Å². The highest BCUT2D eigenvalue weighted by Gasteiger charge is 2.23. The van der Waals surface area contributed by atoms with E-state index in [1.165, 1.54) is 5.56 Å². The highest BCUT2D eigenvalue weighted by molar-refractivity contribution is 5.76. The normalized spacial score (nSPS) is 18.6. The van der Waals surface area contributed by atoms with Gasteiger partial charge in [0, 0.05) is 25.4 Å². The van der Waals surface area contributed by atoms with Gasteiger partial charge in [0.05, 0.1) is 0 Å². The van der Waals surface area contributed by atoms with Crippen LogP contribution >= 0.6 is 0 Å². The molecule has 1 saturated heterocycles. The molecule has 1 aromatic carbocycles. The highest BCUT2D eigenvalue weighted by Crippen LogP contribution is 2.29. The first-order valence-electron chi connectivity index (χ1n) is 7.36. The summed E-state index contributed by atoms with van der Waals surface area (Å²) in [6, 6.07) is 8.21. The number of hydrogen-bond donors (Lipinski definition) is 0. The fourth-order valence-electron chi connectivity index (χ4n) is 2.71. The summed E-state index contributed by atoms with van der Waals surface area (Å²) < 4.78 is 5.58. The zero-order valence-corrected chi connectivity index (χ0v) is 12.2. The Morgan fingerprint density at radius 2 is 2.40 bits per heavy atom. The van der Waals surface area contributed by atoms with Crippen molar-refractivity contribution in [2.75, 3.05) is 19.7 Å². The smallest absolute Gasteiger partial charge is 0.222 e. The van der Waals surface area contributed by atoms with E-state index in [1.54, 1.807) is 6.08 Å². The third-order valence-corrected chi connectivity index (χ3v) is 3.77. The van der Waals surface area contributed by atoms with Gasteiger partial charge in [0.1, 0.15) is 12.4 Å². The van der Waals surface area contributed by atoms with Gasteiger partial charge in [-0.2, -0.15) is 0 Å². The lowest BCUT2D eigenvalue weighted by Crippen LogP contribution is -2.38. The number of rotatable bonds is 5. The second-order valence-corrected chi connectivity index (χ2v) is 5.20. The Hall–Kier alpha value is -1.77. The van der Waals surface area contributed by atoms with Gasteiger partial charge in [-0.25, -0.2) is 0 Å². The molecule has 0 bridgehead atoms. The molecule has 1 aliphatic rings. The van der Waals surface area contributed by atoms with E-state index in [0.29, 0.717) is 18.9 Å². The lowest BCUT2D eigenvalue weighted by molar-refractivity contribution is -0.132. The second-order valence-electron chi connectivity index (χ2n) is 5.20. The van der Waals surface area contributed by atoms with E-state index >= 15 is 0 Å². The standard InChI is InChI=1S/C17H23NO2/c1-3-11-20-16-9-5-7-14(12-16)15-8-6-10-18(13-15)17(19)4-2/h3,5,7,9,12,15H,1,4,6,8,10-11,13H2,2H3/t15-/m1/s1. The summed E-state index contributed by atoms with van der Waals surface area (Å²) in [6.07, 6.45) is 4.55. The first kappa shape index (κ1) is 14.6. The molecule has 1 heterocycles. The van der Waals surface area contributed by atoms with E-state index in [1.807, 2.05) is 24.0 Å². The molecule has 3 heteroatoms. The molecular formula is C17H23NO2. The van der Waals surface area contributed by atoms with Crippen molar-refractivity contribution >= 4 is 5.91 Å². The van der Waals surface area contributed by atoms with Crippen molar-refractivity contribution in [2.45, 2.75) is 32.1 Å². The molecule has 1 amide bonds. The Morgan fingerprint density at radius 1 is 1.55 bits per heavy atom. The molecule has 0 spiro atoms. The minimum absolute atomic E-state index is 0.258. The van der Waals surface area contributed by atoms with E-state index in [-0.39, 0.29) is 5.91 Å². The molecule has 0 aromatic heterocycles. The van der Waals surface area contributed by atoms with Crippen LogP contribution in [0.5, 0.6) is 5.75 Å². The third-order valence-electron chi connectivity index (χ3n) is 3.77. The van der Waals surface area contributed by atoms with E-state index < -0.39 is 0 Å². The van der Waals surface area contributed by atoms with Gasteiger partial charge in [-0.05, 0) is 30.5 Å². The zero-order valence-electron chi connectivity index (χ0n) is 12.2. The van der Waals surface area contributed by atoms with Crippen LogP contribution in [0.2, 0.25) is 0 Å². The Morgan fingerprint density at radius 3 is 3.15 bits per heavy atom. The number of ether oxygens (including phenoxy) is 1. The van der Waals surface area contributed by atoms with E-state index in [2.05, 4.69) is 18.7 Å². The summed E-state index contributed by atoms with van der Waals surface area (Å²) in [5.41, 5.74) is 1.26. The number of carbonyl (C=O) groups is 1. The Balaban J connectivity index is 2.06. The second kappa shape index (κ2) is 7.13. The zero-order chi connectivity index (χ0) is 14.4. The molecule has 1 fully saturated rings. The molecule has 0 aliphatic carbocycles. The van der Waals surface area contributed by atoms with Gasteiger partial charge in [-0.15, -0.1) is 0 Å². The number of nitrogens with zero attached hydrogens (tertiary/aromatic N) is 1. The van der Waals surface area contributed by atoms with Crippen molar-refractivity contribution < 1.29 is 9.53 Å².